The van der Waals surface area contributed by atoms with Crippen molar-refractivity contribution < 1.29 is 9.90 Å². The minimum atomic E-state index is -0.755. The van der Waals surface area contributed by atoms with Crippen LogP contribution in [-0.4, -0.2) is 23.2 Å². The third-order valence-electron chi connectivity index (χ3n) is 2.73. The summed E-state index contributed by atoms with van der Waals surface area (Å²) in [5.41, 5.74) is 0. The fourth-order valence-electron chi connectivity index (χ4n) is 1.52. The maximum Gasteiger partial charge on any atom is 0.320 e. The lowest BCUT2D eigenvalue weighted by Crippen LogP contribution is -2.44. The van der Waals surface area contributed by atoms with Crippen molar-refractivity contribution in [1.29, 1.82) is 0 Å². The van der Waals surface area contributed by atoms with E-state index in [9.17, 15) is 4.79 Å². The van der Waals surface area contributed by atoms with Gasteiger partial charge in [0.15, 0.2) is 0 Å². The van der Waals surface area contributed by atoms with Gasteiger partial charge in [-0.05, 0) is 25.7 Å². The zero-order valence-corrected chi connectivity index (χ0v) is 9.99. The molecule has 0 aliphatic carbocycles. The van der Waals surface area contributed by atoms with Crippen molar-refractivity contribution >= 4 is 5.97 Å². The minimum Gasteiger partial charge on any atom is -0.480 e. The zero-order valence-electron chi connectivity index (χ0n) is 9.99. The summed E-state index contributed by atoms with van der Waals surface area (Å²) in [6, 6.07) is -0.215. The van der Waals surface area contributed by atoms with E-state index in [-0.39, 0.29) is 6.04 Å². The SMILES string of the molecule is C=CCC(C)C(C)NC(CCC)C(=O)O. The fourth-order valence-corrected chi connectivity index (χ4v) is 1.52. The number of allylic oxidation sites excluding steroid dienone is 1. The van der Waals surface area contributed by atoms with E-state index in [1.807, 2.05) is 19.9 Å². The highest BCUT2D eigenvalue weighted by Gasteiger charge is 2.20. The van der Waals surface area contributed by atoms with Crippen LogP contribution >= 0.6 is 0 Å². The van der Waals surface area contributed by atoms with Crippen molar-refractivity contribution in [1.82, 2.24) is 5.32 Å². The van der Waals surface area contributed by atoms with Crippen molar-refractivity contribution in [3.8, 4) is 0 Å². The Kier molecular flexibility index (Phi) is 7.05. The number of rotatable bonds is 8. The van der Waals surface area contributed by atoms with E-state index >= 15 is 0 Å². The van der Waals surface area contributed by atoms with E-state index in [4.69, 9.17) is 5.11 Å². The summed E-state index contributed by atoms with van der Waals surface area (Å²) in [6.07, 6.45) is 4.35. The van der Waals surface area contributed by atoms with Crippen molar-refractivity contribution in [3.63, 3.8) is 0 Å². The van der Waals surface area contributed by atoms with Crippen molar-refractivity contribution in [3.05, 3.63) is 12.7 Å². The van der Waals surface area contributed by atoms with Crippen molar-refractivity contribution in [2.45, 2.75) is 52.1 Å². The van der Waals surface area contributed by atoms with Gasteiger partial charge in [0.05, 0.1) is 0 Å². The highest BCUT2D eigenvalue weighted by atomic mass is 16.4. The second kappa shape index (κ2) is 7.46. The maximum absolute atomic E-state index is 10.9. The Morgan fingerprint density at radius 3 is 2.53 bits per heavy atom. The minimum absolute atomic E-state index is 0.204. The fraction of sp³-hybridized carbons (Fsp3) is 0.750. The molecular formula is C12H23NO2. The van der Waals surface area contributed by atoms with Crippen molar-refractivity contribution in [2.24, 2.45) is 5.92 Å². The van der Waals surface area contributed by atoms with E-state index in [0.29, 0.717) is 12.3 Å². The largest absolute Gasteiger partial charge is 0.480 e. The smallest absolute Gasteiger partial charge is 0.320 e. The molecule has 3 heteroatoms. The highest BCUT2D eigenvalue weighted by Crippen LogP contribution is 2.10. The van der Waals surface area contributed by atoms with Crippen LogP contribution in [0.3, 0.4) is 0 Å². The second-order valence-electron chi connectivity index (χ2n) is 4.14. The van der Waals surface area contributed by atoms with Crippen LogP contribution in [0.25, 0.3) is 0 Å². The molecule has 88 valence electrons. The molecule has 0 amide bonds. The molecule has 0 aliphatic heterocycles. The second-order valence-corrected chi connectivity index (χ2v) is 4.14. The average Bonchev–Trinajstić information content (AvgIpc) is 2.17. The molecular weight excluding hydrogens is 190 g/mol. The molecule has 0 aromatic carbocycles. The molecule has 3 atom stereocenters. The molecule has 0 rings (SSSR count). The number of carboxylic acids is 1. The van der Waals surface area contributed by atoms with Gasteiger partial charge in [0, 0.05) is 6.04 Å². The van der Waals surface area contributed by atoms with E-state index in [1.54, 1.807) is 0 Å². The number of carboxylic acid groups (broad SMARTS) is 1. The Morgan fingerprint density at radius 1 is 1.53 bits per heavy atom. The van der Waals surface area contributed by atoms with Crippen LogP contribution in [0.2, 0.25) is 0 Å². The van der Waals surface area contributed by atoms with Gasteiger partial charge in [-0.1, -0.05) is 26.3 Å². The summed E-state index contributed by atoms with van der Waals surface area (Å²) >= 11 is 0. The van der Waals surface area contributed by atoms with Gasteiger partial charge in [0.2, 0.25) is 0 Å². The predicted molar refractivity (Wildman–Crippen MR) is 62.9 cm³/mol. The third-order valence-corrected chi connectivity index (χ3v) is 2.73. The van der Waals surface area contributed by atoms with Gasteiger partial charge in [0.1, 0.15) is 6.04 Å². The number of nitrogens with one attached hydrogen (secondary N) is 1. The summed E-state index contributed by atoms with van der Waals surface area (Å²) in [4.78, 5) is 10.9. The molecule has 0 radical (unpaired) electrons. The summed E-state index contributed by atoms with van der Waals surface area (Å²) in [7, 11) is 0. The number of aliphatic carboxylic acids is 1. The lowest BCUT2D eigenvalue weighted by Gasteiger charge is -2.24. The molecule has 0 bridgehead atoms. The van der Waals surface area contributed by atoms with Crippen LogP contribution in [-0.2, 0) is 4.79 Å². The average molecular weight is 213 g/mol. The first kappa shape index (κ1) is 14.2. The molecule has 0 aromatic rings. The quantitative estimate of drug-likeness (QED) is 0.609. The predicted octanol–water partition coefficient (Wildman–Crippen LogP) is 2.43. The first-order valence-corrected chi connectivity index (χ1v) is 5.62. The monoisotopic (exact) mass is 213 g/mol. The van der Waals surface area contributed by atoms with Gasteiger partial charge in [-0.2, -0.15) is 0 Å². The van der Waals surface area contributed by atoms with Gasteiger partial charge >= 0.3 is 5.97 Å². The van der Waals surface area contributed by atoms with Gasteiger partial charge in [0.25, 0.3) is 0 Å². The van der Waals surface area contributed by atoms with Gasteiger partial charge in [-0.15, -0.1) is 6.58 Å². The number of hydrogen-bond donors (Lipinski definition) is 2. The molecule has 0 spiro atoms. The summed E-state index contributed by atoms with van der Waals surface area (Å²) in [5, 5.41) is 12.1. The van der Waals surface area contributed by atoms with E-state index in [2.05, 4.69) is 18.8 Å². The summed E-state index contributed by atoms with van der Waals surface area (Å²) < 4.78 is 0. The lowest BCUT2D eigenvalue weighted by molar-refractivity contribution is -0.140. The number of carbonyl (C=O) groups is 1. The van der Waals surface area contributed by atoms with Crippen LogP contribution in [0.5, 0.6) is 0 Å². The first-order chi connectivity index (χ1) is 7.02. The highest BCUT2D eigenvalue weighted by molar-refractivity contribution is 5.73. The number of hydrogen-bond acceptors (Lipinski definition) is 2. The van der Waals surface area contributed by atoms with Gasteiger partial charge in [-0.25, -0.2) is 0 Å². The summed E-state index contributed by atoms with van der Waals surface area (Å²) in [5.74, 6) is -0.337. The van der Waals surface area contributed by atoms with E-state index in [0.717, 1.165) is 12.8 Å². The van der Waals surface area contributed by atoms with Crippen LogP contribution < -0.4 is 5.32 Å². The van der Waals surface area contributed by atoms with Crippen LogP contribution in [0.4, 0.5) is 0 Å². The van der Waals surface area contributed by atoms with Crippen LogP contribution in [0, 0.1) is 5.92 Å². The van der Waals surface area contributed by atoms with E-state index < -0.39 is 12.0 Å². The Morgan fingerprint density at radius 2 is 2.13 bits per heavy atom. The molecule has 2 N–H and O–H groups in total. The molecule has 0 aliphatic rings. The summed E-state index contributed by atoms with van der Waals surface area (Å²) in [6.45, 7) is 9.81. The first-order valence-electron chi connectivity index (χ1n) is 5.62. The Labute approximate surface area is 92.6 Å². The van der Waals surface area contributed by atoms with Crippen molar-refractivity contribution in [2.75, 3.05) is 0 Å². The molecule has 3 unspecified atom stereocenters. The Bertz CT molecular complexity index is 204. The molecule has 0 saturated heterocycles. The van der Waals surface area contributed by atoms with Crippen LogP contribution in [0.1, 0.15) is 40.0 Å². The van der Waals surface area contributed by atoms with Gasteiger partial charge in [-0.3, -0.25) is 4.79 Å². The molecule has 15 heavy (non-hydrogen) atoms. The Hall–Kier alpha value is -0.830. The van der Waals surface area contributed by atoms with E-state index in [1.165, 1.54) is 0 Å². The van der Waals surface area contributed by atoms with Gasteiger partial charge < -0.3 is 10.4 Å². The molecule has 0 saturated carbocycles. The third kappa shape index (κ3) is 5.57. The molecule has 0 aromatic heterocycles. The Balaban J connectivity index is 4.14. The molecule has 0 fully saturated rings. The zero-order chi connectivity index (χ0) is 11.8. The lowest BCUT2D eigenvalue weighted by atomic mass is 9.98. The standard InChI is InChI=1S/C12H23NO2/c1-5-7-9(3)10(4)13-11(8-6-2)12(14)15/h5,9-11,13H,1,6-8H2,2-4H3,(H,14,15). The normalized spacial score (nSPS) is 16.7. The molecule has 0 heterocycles. The van der Waals surface area contributed by atoms with Crippen LogP contribution in [0.15, 0.2) is 12.7 Å². The topological polar surface area (TPSA) is 49.3 Å². The maximum atomic E-state index is 10.9. The molecule has 3 nitrogen and oxygen atoms in total.